The van der Waals surface area contributed by atoms with E-state index in [0.717, 1.165) is 16.7 Å². The molecule has 0 aliphatic carbocycles. The fourth-order valence-corrected chi connectivity index (χ4v) is 3.14. The van der Waals surface area contributed by atoms with Gasteiger partial charge in [0.25, 0.3) is 0 Å². The number of nitrogens with one attached hydrogen (secondary N) is 1. The Morgan fingerprint density at radius 2 is 1.61 bits per heavy atom. The molecule has 0 radical (unpaired) electrons. The summed E-state index contributed by atoms with van der Waals surface area (Å²) in [6.07, 6.45) is 0.151. The van der Waals surface area contributed by atoms with Crippen molar-refractivity contribution >= 4 is 23.4 Å². The Bertz CT molecular complexity index is 842. The Morgan fingerprint density at radius 1 is 1.04 bits per heavy atom. The third-order valence-corrected chi connectivity index (χ3v) is 4.94. The third kappa shape index (κ3) is 6.10. The highest BCUT2D eigenvalue weighted by Crippen LogP contribution is 2.19. The molecule has 0 aliphatic heterocycles. The molecule has 0 bridgehead atoms. The molecule has 0 unspecified atom stereocenters. The lowest BCUT2D eigenvalue weighted by atomic mass is 10.0. The van der Waals surface area contributed by atoms with E-state index in [4.69, 9.17) is 11.6 Å². The first-order valence-corrected chi connectivity index (χ1v) is 9.85. The van der Waals surface area contributed by atoms with Crippen LogP contribution in [0.5, 0.6) is 0 Å². The summed E-state index contributed by atoms with van der Waals surface area (Å²) in [5.74, 6) is -0.304. The molecule has 2 aromatic rings. The van der Waals surface area contributed by atoms with Crippen LogP contribution in [0.3, 0.4) is 0 Å². The summed E-state index contributed by atoms with van der Waals surface area (Å²) >= 11 is 6.24. The summed E-state index contributed by atoms with van der Waals surface area (Å²) in [4.78, 5) is 27.6. The second kappa shape index (κ2) is 9.24. The van der Waals surface area contributed by atoms with E-state index in [0.29, 0.717) is 11.6 Å². The van der Waals surface area contributed by atoms with Crippen LogP contribution in [0.25, 0.3) is 0 Å². The molecule has 2 aromatic carbocycles. The van der Waals surface area contributed by atoms with Crippen LogP contribution in [0, 0.1) is 6.92 Å². The number of rotatable bonds is 6. The summed E-state index contributed by atoms with van der Waals surface area (Å²) < 4.78 is 0. The van der Waals surface area contributed by atoms with Gasteiger partial charge in [-0.3, -0.25) is 9.59 Å². The lowest BCUT2D eigenvalue weighted by Crippen LogP contribution is -2.52. The van der Waals surface area contributed by atoms with Crippen molar-refractivity contribution in [2.45, 2.75) is 59.2 Å². The van der Waals surface area contributed by atoms with Gasteiger partial charge in [-0.15, -0.1) is 0 Å². The molecule has 5 heteroatoms. The second-order valence-electron chi connectivity index (χ2n) is 8.13. The van der Waals surface area contributed by atoms with Crippen LogP contribution < -0.4 is 5.32 Å². The van der Waals surface area contributed by atoms with Crippen LogP contribution >= 0.6 is 11.6 Å². The molecule has 28 heavy (non-hydrogen) atoms. The number of halogens is 1. The lowest BCUT2D eigenvalue weighted by molar-refractivity contribution is -0.140. The number of hydrogen-bond acceptors (Lipinski definition) is 2. The minimum atomic E-state index is -0.603. The summed E-state index contributed by atoms with van der Waals surface area (Å²) in [5.41, 5.74) is 2.49. The molecule has 0 saturated heterocycles. The average molecular weight is 401 g/mol. The average Bonchev–Trinajstić information content (AvgIpc) is 2.61. The molecule has 0 aliphatic rings. The zero-order valence-electron chi connectivity index (χ0n) is 17.3. The Labute approximate surface area is 172 Å². The quantitative estimate of drug-likeness (QED) is 0.774. The number of carbonyl (C=O) groups is 2. The predicted molar refractivity (Wildman–Crippen MR) is 114 cm³/mol. The molecular formula is C23H29ClN2O2. The van der Waals surface area contributed by atoms with E-state index >= 15 is 0 Å². The van der Waals surface area contributed by atoms with Gasteiger partial charge >= 0.3 is 0 Å². The SMILES string of the molecule is Cc1ccccc1CN(C(=O)Cc1ccccc1Cl)[C@@H](C)C(=O)NC(C)(C)C. The van der Waals surface area contributed by atoms with Crippen LogP contribution in [0.1, 0.15) is 44.4 Å². The second-order valence-corrected chi connectivity index (χ2v) is 8.54. The van der Waals surface area contributed by atoms with Gasteiger partial charge in [-0.2, -0.15) is 0 Å². The molecule has 1 N–H and O–H groups in total. The fraction of sp³-hybridized carbons (Fsp3) is 0.391. The van der Waals surface area contributed by atoms with Gasteiger partial charge in [-0.25, -0.2) is 0 Å². The topological polar surface area (TPSA) is 49.4 Å². The van der Waals surface area contributed by atoms with E-state index in [9.17, 15) is 9.59 Å². The Balaban J connectivity index is 2.29. The molecule has 0 heterocycles. The highest BCUT2D eigenvalue weighted by Gasteiger charge is 2.28. The zero-order chi connectivity index (χ0) is 20.9. The maximum atomic E-state index is 13.2. The monoisotopic (exact) mass is 400 g/mol. The Hall–Kier alpha value is -2.33. The summed E-state index contributed by atoms with van der Waals surface area (Å²) in [5, 5.41) is 3.53. The smallest absolute Gasteiger partial charge is 0.242 e. The van der Waals surface area contributed by atoms with E-state index in [-0.39, 0.29) is 23.8 Å². The molecule has 2 rings (SSSR count). The summed E-state index contributed by atoms with van der Waals surface area (Å²) in [6.45, 7) is 9.92. The highest BCUT2D eigenvalue weighted by atomic mass is 35.5. The minimum absolute atomic E-state index is 0.132. The lowest BCUT2D eigenvalue weighted by Gasteiger charge is -2.32. The Kier molecular flexibility index (Phi) is 7.25. The van der Waals surface area contributed by atoms with Gasteiger partial charge in [-0.1, -0.05) is 54.1 Å². The molecule has 0 aromatic heterocycles. The van der Waals surface area contributed by atoms with Crippen molar-refractivity contribution in [1.29, 1.82) is 0 Å². The first-order chi connectivity index (χ1) is 13.1. The van der Waals surface area contributed by atoms with E-state index in [1.807, 2.05) is 70.2 Å². The van der Waals surface area contributed by atoms with Crippen molar-refractivity contribution in [3.8, 4) is 0 Å². The number of benzene rings is 2. The first kappa shape index (κ1) is 22.0. The van der Waals surface area contributed by atoms with Crippen molar-refractivity contribution in [3.63, 3.8) is 0 Å². The third-order valence-electron chi connectivity index (χ3n) is 4.57. The molecule has 2 amide bonds. The number of nitrogens with zero attached hydrogens (tertiary/aromatic N) is 1. The van der Waals surface area contributed by atoms with Gasteiger partial charge in [0.2, 0.25) is 11.8 Å². The molecule has 0 fully saturated rings. The molecule has 1 atom stereocenters. The zero-order valence-corrected chi connectivity index (χ0v) is 18.0. The van der Waals surface area contributed by atoms with E-state index in [1.165, 1.54) is 0 Å². The first-order valence-electron chi connectivity index (χ1n) is 9.48. The number of aryl methyl sites for hydroxylation is 1. The molecule has 0 spiro atoms. The maximum absolute atomic E-state index is 13.2. The van der Waals surface area contributed by atoms with Gasteiger partial charge in [0, 0.05) is 17.1 Å². The van der Waals surface area contributed by atoms with Crippen LogP contribution in [0.2, 0.25) is 5.02 Å². The minimum Gasteiger partial charge on any atom is -0.350 e. The predicted octanol–water partition coefficient (Wildman–Crippen LogP) is 4.52. The van der Waals surface area contributed by atoms with Gasteiger partial charge in [0.1, 0.15) is 6.04 Å². The molecule has 150 valence electrons. The Morgan fingerprint density at radius 3 is 2.18 bits per heavy atom. The maximum Gasteiger partial charge on any atom is 0.242 e. The highest BCUT2D eigenvalue weighted by molar-refractivity contribution is 6.31. The van der Waals surface area contributed by atoms with Crippen molar-refractivity contribution in [3.05, 3.63) is 70.2 Å². The van der Waals surface area contributed by atoms with Crippen molar-refractivity contribution in [2.75, 3.05) is 0 Å². The van der Waals surface area contributed by atoms with E-state index in [1.54, 1.807) is 17.9 Å². The normalized spacial score (nSPS) is 12.4. The molecule has 0 saturated carbocycles. The molecule has 4 nitrogen and oxygen atoms in total. The van der Waals surface area contributed by atoms with Crippen LogP contribution in [-0.2, 0) is 22.6 Å². The number of amides is 2. The van der Waals surface area contributed by atoms with Gasteiger partial charge < -0.3 is 10.2 Å². The van der Waals surface area contributed by atoms with E-state index in [2.05, 4.69) is 5.32 Å². The van der Waals surface area contributed by atoms with E-state index < -0.39 is 6.04 Å². The summed E-state index contributed by atoms with van der Waals surface area (Å²) in [6, 6.07) is 14.6. The van der Waals surface area contributed by atoms with Gasteiger partial charge in [0.05, 0.1) is 6.42 Å². The van der Waals surface area contributed by atoms with Crippen molar-refractivity contribution in [1.82, 2.24) is 10.2 Å². The van der Waals surface area contributed by atoms with Crippen molar-refractivity contribution in [2.24, 2.45) is 0 Å². The van der Waals surface area contributed by atoms with Crippen molar-refractivity contribution < 1.29 is 9.59 Å². The standard InChI is InChI=1S/C23H29ClN2O2/c1-16-10-6-7-12-19(16)15-26(17(2)22(28)25-23(3,4)5)21(27)14-18-11-8-9-13-20(18)24/h6-13,17H,14-15H2,1-5H3,(H,25,28)/t17-/m0/s1. The van der Waals surface area contributed by atoms with Gasteiger partial charge in [-0.05, 0) is 57.4 Å². The largest absolute Gasteiger partial charge is 0.350 e. The van der Waals surface area contributed by atoms with Crippen LogP contribution in [0.4, 0.5) is 0 Å². The van der Waals surface area contributed by atoms with Crippen LogP contribution in [-0.4, -0.2) is 28.3 Å². The number of hydrogen-bond donors (Lipinski definition) is 1. The number of carbonyl (C=O) groups excluding carboxylic acids is 2. The summed E-state index contributed by atoms with van der Waals surface area (Å²) in [7, 11) is 0. The molecular weight excluding hydrogens is 372 g/mol. The van der Waals surface area contributed by atoms with Gasteiger partial charge in [0.15, 0.2) is 0 Å². The fourth-order valence-electron chi connectivity index (χ4n) is 2.93. The van der Waals surface area contributed by atoms with Crippen LogP contribution in [0.15, 0.2) is 48.5 Å².